The summed E-state index contributed by atoms with van der Waals surface area (Å²) in [5, 5.41) is 2.72. The Morgan fingerprint density at radius 1 is 1.25 bits per heavy atom. The van der Waals surface area contributed by atoms with Crippen LogP contribution in [0, 0.1) is 18.8 Å². The summed E-state index contributed by atoms with van der Waals surface area (Å²) >= 11 is 0. The number of ether oxygens (including phenoxy) is 3. The minimum absolute atomic E-state index is 0.183. The number of fused-ring (bicyclic) bond motifs is 1. The molecule has 0 unspecified atom stereocenters. The van der Waals surface area contributed by atoms with Gasteiger partial charge in [0, 0.05) is 11.3 Å². The summed E-state index contributed by atoms with van der Waals surface area (Å²) in [5.74, 6) is 7.35. The smallest absolute Gasteiger partial charge is 0.252 e. The number of pyridine rings is 1. The minimum atomic E-state index is -0.216. The SMILES string of the molecule is Cc1ccc(OCC#CCNC(=O)c2ccc3c(c2)OCO3)cn1. The molecule has 0 saturated heterocycles. The van der Waals surface area contributed by atoms with Gasteiger partial charge in [0.05, 0.1) is 12.7 Å². The van der Waals surface area contributed by atoms with Crippen molar-refractivity contribution in [3.63, 3.8) is 0 Å². The summed E-state index contributed by atoms with van der Waals surface area (Å²) < 4.78 is 15.9. The van der Waals surface area contributed by atoms with Gasteiger partial charge in [-0.25, -0.2) is 0 Å². The maximum absolute atomic E-state index is 12.0. The van der Waals surface area contributed by atoms with Crippen molar-refractivity contribution in [1.82, 2.24) is 10.3 Å². The molecule has 1 aliphatic rings. The van der Waals surface area contributed by atoms with Crippen molar-refractivity contribution < 1.29 is 19.0 Å². The molecular formula is C18H16N2O4. The van der Waals surface area contributed by atoms with Crippen molar-refractivity contribution in [1.29, 1.82) is 0 Å². The van der Waals surface area contributed by atoms with E-state index >= 15 is 0 Å². The third-order valence-electron chi connectivity index (χ3n) is 3.29. The molecule has 122 valence electrons. The molecule has 24 heavy (non-hydrogen) atoms. The summed E-state index contributed by atoms with van der Waals surface area (Å²) in [6, 6.07) is 8.76. The van der Waals surface area contributed by atoms with E-state index in [2.05, 4.69) is 22.1 Å². The van der Waals surface area contributed by atoms with Crippen LogP contribution in [0.2, 0.25) is 0 Å². The van der Waals surface area contributed by atoms with E-state index in [0.29, 0.717) is 22.8 Å². The van der Waals surface area contributed by atoms with E-state index in [1.54, 1.807) is 24.4 Å². The second-order valence-electron chi connectivity index (χ2n) is 5.03. The molecule has 0 fully saturated rings. The topological polar surface area (TPSA) is 69.7 Å². The molecule has 1 amide bonds. The van der Waals surface area contributed by atoms with Gasteiger partial charge in [0.15, 0.2) is 11.5 Å². The van der Waals surface area contributed by atoms with Crippen LogP contribution in [0.4, 0.5) is 0 Å². The van der Waals surface area contributed by atoms with E-state index in [4.69, 9.17) is 14.2 Å². The van der Waals surface area contributed by atoms with Crippen LogP contribution in [-0.2, 0) is 0 Å². The number of nitrogens with one attached hydrogen (secondary N) is 1. The molecule has 6 nitrogen and oxygen atoms in total. The molecule has 2 aromatic rings. The number of amides is 1. The van der Waals surface area contributed by atoms with E-state index in [-0.39, 0.29) is 25.9 Å². The maximum Gasteiger partial charge on any atom is 0.252 e. The molecule has 3 rings (SSSR count). The summed E-state index contributed by atoms with van der Waals surface area (Å²) in [6.45, 7) is 2.57. The minimum Gasteiger partial charge on any atom is -0.479 e. The maximum atomic E-state index is 12.0. The van der Waals surface area contributed by atoms with Crippen molar-refractivity contribution in [2.75, 3.05) is 19.9 Å². The van der Waals surface area contributed by atoms with Crippen molar-refractivity contribution in [3.8, 4) is 29.1 Å². The van der Waals surface area contributed by atoms with Crippen molar-refractivity contribution in [2.45, 2.75) is 6.92 Å². The van der Waals surface area contributed by atoms with Crippen LogP contribution >= 0.6 is 0 Å². The molecule has 6 heteroatoms. The highest BCUT2D eigenvalue weighted by Gasteiger charge is 2.15. The summed E-state index contributed by atoms with van der Waals surface area (Å²) in [7, 11) is 0. The lowest BCUT2D eigenvalue weighted by molar-refractivity contribution is 0.0958. The van der Waals surface area contributed by atoms with E-state index in [1.807, 2.05) is 19.1 Å². The third-order valence-corrected chi connectivity index (χ3v) is 3.29. The fourth-order valence-electron chi connectivity index (χ4n) is 2.04. The first kappa shape index (κ1) is 15.7. The Kier molecular flexibility index (Phi) is 4.82. The third kappa shape index (κ3) is 3.96. The number of nitrogens with zero attached hydrogens (tertiary/aromatic N) is 1. The Labute approximate surface area is 139 Å². The molecule has 1 aromatic carbocycles. The van der Waals surface area contributed by atoms with E-state index in [9.17, 15) is 4.79 Å². The number of hydrogen-bond acceptors (Lipinski definition) is 5. The quantitative estimate of drug-likeness (QED) is 0.870. The second-order valence-corrected chi connectivity index (χ2v) is 5.03. The summed E-state index contributed by atoms with van der Waals surface area (Å²) in [4.78, 5) is 16.1. The number of aryl methyl sites for hydroxylation is 1. The molecule has 1 aromatic heterocycles. The lowest BCUT2D eigenvalue weighted by Crippen LogP contribution is -2.23. The molecule has 2 heterocycles. The fourth-order valence-corrected chi connectivity index (χ4v) is 2.04. The first-order valence-corrected chi connectivity index (χ1v) is 7.41. The molecular weight excluding hydrogens is 308 g/mol. The van der Waals surface area contributed by atoms with Crippen LogP contribution < -0.4 is 19.5 Å². The van der Waals surface area contributed by atoms with Gasteiger partial charge in [0.1, 0.15) is 12.4 Å². The lowest BCUT2D eigenvalue weighted by Gasteiger charge is -2.03. The predicted molar refractivity (Wildman–Crippen MR) is 87.1 cm³/mol. The lowest BCUT2D eigenvalue weighted by atomic mass is 10.2. The van der Waals surface area contributed by atoms with Crippen molar-refractivity contribution in [2.24, 2.45) is 0 Å². The van der Waals surface area contributed by atoms with Gasteiger partial charge in [0.25, 0.3) is 5.91 Å². The Bertz CT molecular complexity index is 791. The largest absolute Gasteiger partial charge is 0.479 e. The van der Waals surface area contributed by atoms with Crippen molar-refractivity contribution >= 4 is 5.91 Å². The predicted octanol–water partition coefficient (Wildman–Crippen LogP) is 1.93. The number of carbonyl (C=O) groups is 1. The zero-order chi connectivity index (χ0) is 16.8. The van der Waals surface area contributed by atoms with Gasteiger partial charge >= 0.3 is 0 Å². The van der Waals surface area contributed by atoms with E-state index < -0.39 is 0 Å². The zero-order valence-electron chi connectivity index (χ0n) is 13.2. The summed E-state index contributed by atoms with van der Waals surface area (Å²) in [6.07, 6.45) is 1.65. The van der Waals surface area contributed by atoms with Gasteiger partial charge in [-0.1, -0.05) is 11.8 Å². The van der Waals surface area contributed by atoms with Crippen LogP contribution in [0.15, 0.2) is 36.5 Å². The van der Waals surface area contributed by atoms with Crippen LogP contribution in [0.1, 0.15) is 16.1 Å². The van der Waals surface area contributed by atoms with Crippen molar-refractivity contribution in [3.05, 3.63) is 47.8 Å². The molecule has 1 aliphatic heterocycles. The number of benzene rings is 1. The first-order chi connectivity index (χ1) is 11.7. The van der Waals surface area contributed by atoms with Gasteiger partial charge < -0.3 is 19.5 Å². The highest BCUT2D eigenvalue weighted by Crippen LogP contribution is 2.32. The Hall–Kier alpha value is -3.20. The van der Waals surface area contributed by atoms with Gasteiger partial charge in [-0.3, -0.25) is 9.78 Å². The van der Waals surface area contributed by atoms with Crippen LogP contribution in [0.25, 0.3) is 0 Å². The molecule has 0 aliphatic carbocycles. The van der Waals surface area contributed by atoms with Gasteiger partial charge in [-0.15, -0.1) is 0 Å². The average Bonchev–Trinajstić information content (AvgIpc) is 3.07. The van der Waals surface area contributed by atoms with Gasteiger partial charge in [0.2, 0.25) is 6.79 Å². The Morgan fingerprint density at radius 3 is 2.96 bits per heavy atom. The van der Waals surface area contributed by atoms with Gasteiger partial charge in [-0.05, 0) is 37.3 Å². The molecule has 1 N–H and O–H groups in total. The van der Waals surface area contributed by atoms with E-state index in [0.717, 1.165) is 5.69 Å². The monoisotopic (exact) mass is 324 g/mol. The molecule has 0 bridgehead atoms. The normalized spacial score (nSPS) is 11.4. The Morgan fingerprint density at radius 2 is 2.12 bits per heavy atom. The first-order valence-electron chi connectivity index (χ1n) is 7.41. The number of aromatic nitrogens is 1. The average molecular weight is 324 g/mol. The Balaban J connectivity index is 1.43. The number of carbonyl (C=O) groups excluding carboxylic acids is 1. The standard InChI is InChI=1S/C18H16N2O4/c1-13-4-6-15(11-20-13)22-9-3-2-8-19-18(21)14-5-7-16-17(10-14)24-12-23-16/h4-7,10-11H,8-9,12H2,1H3,(H,19,21). The molecule has 0 radical (unpaired) electrons. The van der Waals surface area contributed by atoms with Gasteiger partial charge in [-0.2, -0.15) is 0 Å². The van der Waals surface area contributed by atoms with Crippen LogP contribution in [0.3, 0.4) is 0 Å². The summed E-state index contributed by atoms with van der Waals surface area (Å²) in [5.41, 5.74) is 1.43. The molecule has 0 atom stereocenters. The second kappa shape index (κ2) is 7.38. The van der Waals surface area contributed by atoms with Crippen LogP contribution in [0.5, 0.6) is 17.2 Å². The highest BCUT2D eigenvalue weighted by molar-refractivity contribution is 5.95. The fraction of sp³-hybridized carbons (Fsp3) is 0.222. The molecule has 0 saturated carbocycles. The number of hydrogen-bond donors (Lipinski definition) is 1. The number of rotatable bonds is 4. The van der Waals surface area contributed by atoms with Crippen LogP contribution in [-0.4, -0.2) is 30.8 Å². The van der Waals surface area contributed by atoms with E-state index in [1.165, 1.54) is 0 Å². The highest BCUT2D eigenvalue weighted by atomic mass is 16.7. The molecule has 0 spiro atoms. The zero-order valence-corrected chi connectivity index (χ0v) is 13.2.